The lowest BCUT2D eigenvalue weighted by molar-refractivity contribution is -0.136. The molecule has 0 saturated heterocycles. The van der Waals surface area contributed by atoms with E-state index >= 15 is 0 Å². The van der Waals surface area contributed by atoms with E-state index in [0.29, 0.717) is 17.0 Å². The van der Waals surface area contributed by atoms with Gasteiger partial charge in [-0.05, 0) is 49.6 Å². The normalized spacial score (nSPS) is 10.4. The fourth-order valence-corrected chi connectivity index (χ4v) is 2.81. The van der Waals surface area contributed by atoms with Crippen molar-refractivity contribution < 1.29 is 14.7 Å². The number of aliphatic carboxylic acids is 1. The summed E-state index contributed by atoms with van der Waals surface area (Å²) >= 11 is 1.48. The Bertz CT molecular complexity index is 639. The molecule has 0 bridgehead atoms. The molecule has 2 rings (SSSR count). The van der Waals surface area contributed by atoms with Crippen molar-refractivity contribution >= 4 is 28.9 Å². The highest BCUT2D eigenvalue weighted by molar-refractivity contribution is 7.14. The summed E-state index contributed by atoms with van der Waals surface area (Å²) in [5.74, 6) is -0.926. The van der Waals surface area contributed by atoms with Crippen molar-refractivity contribution in [1.82, 2.24) is 0 Å². The monoisotopic (exact) mass is 303 g/mol. The number of thiophene rings is 1. The number of carbonyl (C=O) groups excluding carboxylic acids is 1. The lowest BCUT2D eigenvalue weighted by atomic mass is 10.1. The Morgan fingerprint density at radius 3 is 2.38 bits per heavy atom. The topological polar surface area (TPSA) is 66.4 Å². The molecular weight excluding hydrogens is 286 g/mol. The van der Waals surface area contributed by atoms with Crippen LogP contribution in [-0.2, 0) is 11.2 Å². The molecule has 2 N–H and O–H groups in total. The van der Waals surface area contributed by atoms with Crippen LogP contribution in [0.2, 0.25) is 0 Å². The molecule has 110 valence electrons. The maximum absolute atomic E-state index is 12.1. The molecule has 2 aromatic rings. The zero-order valence-corrected chi connectivity index (χ0v) is 12.8. The van der Waals surface area contributed by atoms with Gasteiger partial charge in [0.2, 0.25) is 0 Å². The van der Waals surface area contributed by atoms with Crippen LogP contribution in [0, 0.1) is 13.8 Å². The first-order valence-electron chi connectivity index (χ1n) is 6.65. The number of aryl methyl sites for hydroxylation is 3. The average molecular weight is 303 g/mol. The number of carbonyl (C=O) groups is 2. The first-order chi connectivity index (χ1) is 9.95. The first kappa shape index (κ1) is 15.3. The molecule has 21 heavy (non-hydrogen) atoms. The minimum Gasteiger partial charge on any atom is -0.481 e. The van der Waals surface area contributed by atoms with Crippen molar-refractivity contribution in [3.8, 4) is 0 Å². The van der Waals surface area contributed by atoms with Gasteiger partial charge in [0.15, 0.2) is 0 Å². The molecule has 0 aliphatic heterocycles. The molecular formula is C16H17NO3S. The summed E-state index contributed by atoms with van der Waals surface area (Å²) in [6.07, 6.45) is 0.604. The molecule has 0 atom stereocenters. The van der Waals surface area contributed by atoms with E-state index in [0.717, 1.165) is 16.0 Å². The van der Waals surface area contributed by atoms with Crippen LogP contribution in [0.4, 0.5) is 5.69 Å². The smallest absolute Gasteiger partial charge is 0.303 e. The van der Waals surface area contributed by atoms with E-state index in [1.165, 1.54) is 11.3 Å². The van der Waals surface area contributed by atoms with Gasteiger partial charge < -0.3 is 10.4 Å². The molecule has 0 spiro atoms. The Morgan fingerprint density at radius 1 is 1.19 bits per heavy atom. The second-order valence-corrected chi connectivity index (χ2v) is 6.15. The lowest BCUT2D eigenvalue weighted by Gasteiger charge is -2.05. The highest BCUT2D eigenvalue weighted by Gasteiger charge is 2.10. The van der Waals surface area contributed by atoms with Crippen molar-refractivity contribution in [2.75, 3.05) is 5.32 Å². The molecule has 0 radical (unpaired) electrons. The average Bonchev–Trinajstić information content (AvgIpc) is 2.78. The van der Waals surface area contributed by atoms with Gasteiger partial charge in [0, 0.05) is 17.0 Å². The molecule has 0 fully saturated rings. The van der Waals surface area contributed by atoms with Crippen molar-refractivity contribution in [2.45, 2.75) is 26.7 Å². The first-order valence-corrected chi connectivity index (χ1v) is 7.46. The Hall–Kier alpha value is -2.14. The van der Waals surface area contributed by atoms with Gasteiger partial charge in [-0.1, -0.05) is 12.1 Å². The highest BCUT2D eigenvalue weighted by Crippen LogP contribution is 2.22. The van der Waals surface area contributed by atoms with Crippen molar-refractivity contribution in [3.05, 3.63) is 51.2 Å². The molecule has 1 heterocycles. The summed E-state index contributed by atoms with van der Waals surface area (Å²) in [5.41, 5.74) is 2.77. The van der Waals surface area contributed by atoms with Crippen LogP contribution in [0.3, 0.4) is 0 Å². The van der Waals surface area contributed by atoms with E-state index in [1.54, 1.807) is 12.1 Å². The third-order valence-electron chi connectivity index (χ3n) is 3.23. The Balaban J connectivity index is 1.99. The zero-order valence-electron chi connectivity index (χ0n) is 12.0. The third-order valence-corrected chi connectivity index (χ3v) is 4.38. The van der Waals surface area contributed by atoms with Gasteiger partial charge in [-0.3, -0.25) is 9.59 Å². The number of benzene rings is 1. The number of amides is 1. The fraction of sp³-hybridized carbons (Fsp3) is 0.250. The largest absolute Gasteiger partial charge is 0.481 e. The predicted octanol–water partition coefficient (Wildman–Crippen LogP) is 3.63. The Labute approximate surface area is 127 Å². The van der Waals surface area contributed by atoms with Gasteiger partial charge in [0.1, 0.15) is 0 Å². The standard InChI is InChI=1S/C16H17NO3S/c1-10-9-14(21-11(10)2)16(20)17-13-6-3-12(4-7-13)5-8-15(18)19/h3-4,6-7,9H,5,8H2,1-2H3,(H,17,20)(H,18,19). The van der Waals surface area contributed by atoms with E-state index < -0.39 is 5.97 Å². The number of carboxylic acid groups (broad SMARTS) is 1. The number of nitrogens with one attached hydrogen (secondary N) is 1. The number of rotatable bonds is 5. The van der Waals surface area contributed by atoms with E-state index in [2.05, 4.69) is 5.32 Å². The molecule has 1 aromatic heterocycles. The SMILES string of the molecule is Cc1cc(C(=O)Nc2ccc(CCC(=O)O)cc2)sc1C. The summed E-state index contributed by atoms with van der Waals surface area (Å²) in [4.78, 5) is 24.5. The van der Waals surface area contributed by atoms with Gasteiger partial charge in [-0.15, -0.1) is 11.3 Å². The number of carboxylic acids is 1. The van der Waals surface area contributed by atoms with E-state index in [-0.39, 0.29) is 12.3 Å². The lowest BCUT2D eigenvalue weighted by Crippen LogP contribution is -2.10. The fourth-order valence-electron chi connectivity index (χ4n) is 1.88. The molecule has 0 saturated carbocycles. The Kier molecular flexibility index (Phi) is 4.75. The molecule has 0 aliphatic carbocycles. The summed E-state index contributed by atoms with van der Waals surface area (Å²) in [6.45, 7) is 3.98. The van der Waals surface area contributed by atoms with Crippen LogP contribution in [0.25, 0.3) is 0 Å². The van der Waals surface area contributed by atoms with Crippen LogP contribution in [0.15, 0.2) is 30.3 Å². The number of hydrogen-bond donors (Lipinski definition) is 2. The van der Waals surface area contributed by atoms with Gasteiger partial charge in [0.05, 0.1) is 4.88 Å². The summed E-state index contributed by atoms with van der Waals surface area (Å²) in [7, 11) is 0. The van der Waals surface area contributed by atoms with Crippen LogP contribution < -0.4 is 5.32 Å². The number of anilines is 1. The highest BCUT2D eigenvalue weighted by atomic mass is 32.1. The second-order valence-electron chi connectivity index (χ2n) is 4.89. The zero-order chi connectivity index (χ0) is 15.4. The van der Waals surface area contributed by atoms with Crippen molar-refractivity contribution in [3.63, 3.8) is 0 Å². The molecule has 0 aliphatic rings. The van der Waals surface area contributed by atoms with Gasteiger partial charge in [-0.25, -0.2) is 0 Å². The van der Waals surface area contributed by atoms with Gasteiger partial charge >= 0.3 is 5.97 Å². The molecule has 1 aromatic carbocycles. The summed E-state index contributed by atoms with van der Waals surface area (Å²) in [6, 6.07) is 9.15. The Morgan fingerprint density at radius 2 is 1.86 bits per heavy atom. The second kappa shape index (κ2) is 6.54. The van der Waals surface area contributed by atoms with Gasteiger partial charge in [0.25, 0.3) is 5.91 Å². The minimum atomic E-state index is -0.809. The van der Waals surface area contributed by atoms with Crippen molar-refractivity contribution in [1.29, 1.82) is 0 Å². The summed E-state index contributed by atoms with van der Waals surface area (Å²) in [5, 5.41) is 11.5. The van der Waals surface area contributed by atoms with Gasteiger partial charge in [-0.2, -0.15) is 0 Å². The van der Waals surface area contributed by atoms with Crippen LogP contribution >= 0.6 is 11.3 Å². The van der Waals surface area contributed by atoms with E-state index in [9.17, 15) is 9.59 Å². The maximum Gasteiger partial charge on any atom is 0.303 e. The molecule has 4 nitrogen and oxygen atoms in total. The molecule has 0 unspecified atom stereocenters. The molecule has 1 amide bonds. The maximum atomic E-state index is 12.1. The van der Waals surface area contributed by atoms with Crippen LogP contribution in [-0.4, -0.2) is 17.0 Å². The van der Waals surface area contributed by atoms with Crippen LogP contribution in [0.5, 0.6) is 0 Å². The van der Waals surface area contributed by atoms with Crippen LogP contribution in [0.1, 0.15) is 32.1 Å². The van der Waals surface area contributed by atoms with E-state index in [1.807, 2.05) is 32.0 Å². The minimum absolute atomic E-state index is 0.111. The number of hydrogen-bond acceptors (Lipinski definition) is 3. The quantitative estimate of drug-likeness (QED) is 0.886. The van der Waals surface area contributed by atoms with E-state index in [4.69, 9.17) is 5.11 Å². The third kappa shape index (κ3) is 4.16. The predicted molar refractivity (Wildman–Crippen MR) is 84.1 cm³/mol. The summed E-state index contributed by atoms with van der Waals surface area (Å²) < 4.78 is 0. The van der Waals surface area contributed by atoms with Crippen molar-refractivity contribution in [2.24, 2.45) is 0 Å². The molecule has 5 heteroatoms.